The number of carbonyl (C=O) groups excluding carboxylic acids is 1. The Morgan fingerprint density at radius 2 is 2.10 bits per heavy atom. The highest BCUT2D eigenvalue weighted by Gasteiger charge is 2.35. The van der Waals surface area contributed by atoms with Gasteiger partial charge in [0, 0.05) is 6.07 Å². The lowest BCUT2D eigenvalue weighted by molar-refractivity contribution is -0.144. The number of anilines is 1. The van der Waals surface area contributed by atoms with Gasteiger partial charge in [-0.2, -0.15) is 0 Å². The van der Waals surface area contributed by atoms with Crippen LogP contribution in [0.1, 0.15) is 10.6 Å². The van der Waals surface area contributed by atoms with E-state index in [1.807, 2.05) is 0 Å². The van der Waals surface area contributed by atoms with Gasteiger partial charge >= 0.3 is 5.97 Å². The molecule has 1 aromatic heterocycles. The normalized spacial score (nSPS) is 17.2. The summed E-state index contributed by atoms with van der Waals surface area (Å²) >= 11 is 0. The molecule has 1 aliphatic heterocycles. The van der Waals surface area contributed by atoms with Gasteiger partial charge in [0.2, 0.25) is 11.9 Å². The quantitative estimate of drug-likeness (QED) is 0.883. The van der Waals surface area contributed by atoms with Gasteiger partial charge in [-0.05, 0) is 12.1 Å². The first-order chi connectivity index (χ1) is 9.66. The Kier molecular flexibility index (Phi) is 2.86. The first-order valence-corrected chi connectivity index (χ1v) is 5.88. The van der Waals surface area contributed by atoms with E-state index in [0.717, 1.165) is 0 Å². The third kappa shape index (κ3) is 1.99. The number of benzene rings is 1. The zero-order chi connectivity index (χ0) is 14.1. The summed E-state index contributed by atoms with van der Waals surface area (Å²) in [6.07, 6.45) is 0.241. The average molecular weight is 274 g/mol. The first-order valence-electron chi connectivity index (χ1n) is 5.88. The topological polar surface area (TPSA) is 92.9 Å². The fraction of sp³-hybridized carbons (Fsp3) is 0.154. The van der Waals surface area contributed by atoms with E-state index in [1.54, 1.807) is 24.3 Å². The molecule has 1 unspecified atom stereocenters. The van der Waals surface area contributed by atoms with Crippen molar-refractivity contribution < 1.29 is 24.0 Å². The molecule has 2 heterocycles. The maximum Gasteiger partial charge on any atom is 0.346 e. The van der Waals surface area contributed by atoms with Crippen LogP contribution in [0.25, 0.3) is 0 Å². The number of nitrogens with zero attached hydrogens (tertiary/aromatic N) is 2. The number of hydrogen-bond acceptors (Lipinski definition) is 5. The number of ether oxygens (including phenoxy) is 1. The Labute approximate surface area is 113 Å². The van der Waals surface area contributed by atoms with Crippen molar-refractivity contribution in [1.82, 2.24) is 5.16 Å². The lowest BCUT2D eigenvalue weighted by Crippen LogP contribution is -2.47. The molecule has 2 aromatic rings. The van der Waals surface area contributed by atoms with Crippen LogP contribution in [0.4, 0.5) is 5.69 Å². The highest BCUT2D eigenvalue weighted by Crippen LogP contribution is 2.34. The number of rotatable bonds is 2. The van der Waals surface area contributed by atoms with Crippen molar-refractivity contribution in [3.63, 3.8) is 0 Å². The van der Waals surface area contributed by atoms with Crippen molar-refractivity contribution in [2.75, 3.05) is 11.4 Å². The van der Waals surface area contributed by atoms with Crippen LogP contribution in [-0.2, 0) is 4.79 Å². The molecule has 0 aliphatic carbocycles. The Balaban J connectivity index is 2.01. The standard InChI is InChI=1S/C13H10N2O5/c16-12(10-5-6-14-20-10)15-7-11(13(17)18)19-9-4-2-1-3-8(9)15/h1-6,11H,7H2,(H,17,18). The number of carboxylic acid groups (broad SMARTS) is 1. The number of aliphatic carboxylic acids is 1. The molecule has 0 saturated heterocycles. The summed E-state index contributed by atoms with van der Waals surface area (Å²) < 4.78 is 10.2. The lowest BCUT2D eigenvalue weighted by Gasteiger charge is -2.32. The number of carbonyl (C=O) groups is 2. The van der Waals surface area contributed by atoms with Crippen molar-refractivity contribution in [2.24, 2.45) is 0 Å². The number of hydrogen-bond donors (Lipinski definition) is 1. The zero-order valence-electron chi connectivity index (χ0n) is 10.2. The van der Waals surface area contributed by atoms with E-state index in [9.17, 15) is 9.59 Å². The molecular formula is C13H10N2O5. The molecule has 1 amide bonds. The van der Waals surface area contributed by atoms with Crippen LogP contribution in [0.2, 0.25) is 0 Å². The summed E-state index contributed by atoms with van der Waals surface area (Å²) in [5.41, 5.74) is 0.506. The van der Waals surface area contributed by atoms with Crippen molar-refractivity contribution in [3.8, 4) is 5.75 Å². The summed E-state index contributed by atoms with van der Waals surface area (Å²) in [7, 11) is 0. The Hall–Kier alpha value is -2.83. The Morgan fingerprint density at radius 1 is 1.30 bits per heavy atom. The van der Waals surface area contributed by atoms with Crippen LogP contribution in [-0.4, -0.2) is 34.8 Å². The molecule has 102 valence electrons. The van der Waals surface area contributed by atoms with E-state index in [1.165, 1.54) is 17.2 Å². The molecule has 0 spiro atoms. The second-order valence-electron chi connectivity index (χ2n) is 4.20. The SMILES string of the molecule is O=C(O)C1CN(C(=O)c2ccno2)c2ccccc2O1. The fourth-order valence-electron chi connectivity index (χ4n) is 2.01. The summed E-state index contributed by atoms with van der Waals surface area (Å²) in [5.74, 6) is -1.19. The van der Waals surface area contributed by atoms with Gasteiger partial charge in [0.05, 0.1) is 18.4 Å². The van der Waals surface area contributed by atoms with Crippen molar-refractivity contribution in [1.29, 1.82) is 0 Å². The summed E-state index contributed by atoms with van der Waals surface area (Å²) in [5, 5.41) is 12.6. The average Bonchev–Trinajstić information content (AvgIpc) is 2.99. The van der Waals surface area contributed by atoms with Crippen LogP contribution in [0, 0.1) is 0 Å². The second kappa shape index (κ2) is 4.69. The molecule has 1 aromatic carbocycles. The summed E-state index contributed by atoms with van der Waals surface area (Å²) in [6.45, 7) is -0.0914. The van der Waals surface area contributed by atoms with Gasteiger partial charge in [0.25, 0.3) is 5.91 Å². The number of carboxylic acids is 1. The van der Waals surface area contributed by atoms with Crippen molar-refractivity contribution >= 4 is 17.6 Å². The molecular weight excluding hydrogens is 264 g/mol. The molecule has 1 atom stereocenters. The van der Waals surface area contributed by atoms with Gasteiger partial charge in [-0.1, -0.05) is 17.3 Å². The van der Waals surface area contributed by atoms with Crippen LogP contribution in [0.3, 0.4) is 0 Å². The van der Waals surface area contributed by atoms with Crippen LogP contribution >= 0.6 is 0 Å². The molecule has 20 heavy (non-hydrogen) atoms. The third-order valence-corrected chi connectivity index (χ3v) is 2.94. The monoisotopic (exact) mass is 274 g/mol. The smallest absolute Gasteiger partial charge is 0.346 e. The van der Waals surface area contributed by atoms with Gasteiger partial charge in [-0.15, -0.1) is 0 Å². The highest BCUT2D eigenvalue weighted by atomic mass is 16.5. The molecule has 3 rings (SSSR count). The van der Waals surface area contributed by atoms with Crippen LogP contribution in [0.15, 0.2) is 41.1 Å². The lowest BCUT2D eigenvalue weighted by atomic mass is 10.1. The van der Waals surface area contributed by atoms with E-state index >= 15 is 0 Å². The molecule has 0 saturated carbocycles. The van der Waals surface area contributed by atoms with Crippen molar-refractivity contribution in [3.05, 3.63) is 42.3 Å². The van der Waals surface area contributed by atoms with Gasteiger partial charge in [-0.25, -0.2) is 4.79 Å². The van der Waals surface area contributed by atoms with E-state index < -0.39 is 18.0 Å². The predicted molar refractivity (Wildman–Crippen MR) is 66.7 cm³/mol. The van der Waals surface area contributed by atoms with Crippen LogP contribution in [0.5, 0.6) is 5.75 Å². The van der Waals surface area contributed by atoms with Gasteiger partial charge in [-0.3, -0.25) is 9.69 Å². The van der Waals surface area contributed by atoms with Gasteiger partial charge in [0.1, 0.15) is 5.75 Å². The Morgan fingerprint density at radius 3 is 2.80 bits per heavy atom. The summed E-state index contributed by atoms with van der Waals surface area (Å²) in [4.78, 5) is 24.8. The second-order valence-corrected chi connectivity index (χ2v) is 4.20. The van der Waals surface area contributed by atoms with E-state index in [0.29, 0.717) is 11.4 Å². The van der Waals surface area contributed by atoms with E-state index in [2.05, 4.69) is 5.16 Å². The fourth-order valence-corrected chi connectivity index (χ4v) is 2.01. The molecule has 1 N–H and O–H groups in total. The minimum atomic E-state index is -1.13. The molecule has 0 radical (unpaired) electrons. The van der Waals surface area contributed by atoms with Gasteiger partial charge < -0.3 is 14.4 Å². The van der Waals surface area contributed by atoms with E-state index in [-0.39, 0.29) is 12.3 Å². The molecule has 0 fully saturated rings. The minimum Gasteiger partial charge on any atom is -0.478 e. The maximum atomic E-state index is 12.3. The van der Waals surface area contributed by atoms with E-state index in [4.69, 9.17) is 14.4 Å². The first kappa shape index (κ1) is 12.2. The molecule has 1 aliphatic rings. The zero-order valence-corrected chi connectivity index (χ0v) is 10.2. The largest absolute Gasteiger partial charge is 0.478 e. The van der Waals surface area contributed by atoms with Crippen LogP contribution < -0.4 is 9.64 Å². The van der Waals surface area contributed by atoms with Crippen molar-refractivity contribution in [2.45, 2.75) is 6.10 Å². The number of para-hydroxylation sites is 2. The van der Waals surface area contributed by atoms with Gasteiger partial charge in [0.15, 0.2) is 0 Å². The maximum absolute atomic E-state index is 12.3. The third-order valence-electron chi connectivity index (χ3n) is 2.94. The minimum absolute atomic E-state index is 0.0471. The predicted octanol–water partition coefficient (Wildman–Crippen LogP) is 1.17. The number of amides is 1. The Bertz CT molecular complexity index is 653. The number of fused-ring (bicyclic) bond motifs is 1. The molecule has 7 nitrogen and oxygen atoms in total. The highest BCUT2D eigenvalue weighted by molar-refractivity contribution is 6.05. The number of aromatic nitrogens is 1. The summed E-state index contributed by atoms with van der Waals surface area (Å²) in [6, 6.07) is 8.17. The molecule has 0 bridgehead atoms. The molecule has 7 heteroatoms.